The van der Waals surface area contributed by atoms with E-state index < -0.39 is 10.0 Å². The topological polar surface area (TPSA) is 74.8 Å². The van der Waals surface area contributed by atoms with E-state index in [1.54, 1.807) is 29.2 Å². The zero-order valence-corrected chi connectivity index (χ0v) is 14.3. The van der Waals surface area contributed by atoms with Gasteiger partial charge in [-0.3, -0.25) is 13.9 Å². The lowest BCUT2D eigenvalue weighted by Crippen LogP contribution is -2.35. The number of carbonyl (C=O) groups is 2. The summed E-state index contributed by atoms with van der Waals surface area (Å²) in [5.74, 6) is -0.160. The molecule has 126 valence electrons. The Morgan fingerprint density at radius 3 is 2.43 bits per heavy atom. The molecule has 23 heavy (non-hydrogen) atoms. The van der Waals surface area contributed by atoms with Gasteiger partial charge in [0.1, 0.15) is 0 Å². The molecular weight excluding hydrogens is 316 g/mol. The maximum atomic E-state index is 12.1. The summed E-state index contributed by atoms with van der Waals surface area (Å²) in [6.45, 7) is 3.01. The van der Waals surface area contributed by atoms with Crippen LogP contribution in [-0.4, -0.2) is 50.9 Å². The number of anilines is 1. The van der Waals surface area contributed by atoms with Crippen molar-refractivity contribution in [2.75, 3.05) is 30.2 Å². The van der Waals surface area contributed by atoms with Gasteiger partial charge in [0.15, 0.2) is 5.78 Å². The number of hydrogen-bond donors (Lipinski definition) is 0. The Bertz CT molecular complexity index is 694. The fraction of sp³-hybridized carbons (Fsp3) is 0.500. The summed E-state index contributed by atoms with van der Waals surface area (Å²) in [5.41, 5.74) is 0.858. The SMILES string of the molecule is CC(=O)c1cccc(N(CCC(=O)N2CCCC2)S(C)(=O)=O)c1. The Balaban J connectivity index is 2.16. The smallest absolute Gasteiger partial charge is 0.232 e. The Morgan fingerprint density at radius 2 is 1.87 bits per heavy atom. The van der Waals surface area contributed by atoms with Crippen LogP contribution in [0.25, 0.3) is 0 Å². The van der Waals surface area contributed by atoms with Crippen molar-refractivity contribution in [3.8, 4) is 0 Å². The predicted molar refractivity (Wildman–Crippen MR) is 89.1 cm³/mol. The summed E-state index contributed by atoms with van der Waals surface area (Å²) in [6.07, 6.45) is 3.25. The van der Waals surface area contributed by atoms with Gasteiger partial charge in [-0.05, 0) is 31.9 Å². The third-order valence-electron chi connectivity index (χ3n) is 3.93. The van der Waals surface area contributed by atoms with Crippen LogP contribution in [0.3, 0.4) is 0 Å². The maximum absolute atomic E-state index is 12.1. The van der Waals surface area contributed by atoms with Crippen LogP contribution in [0.2, 0.25) is 0 Å². The number of benzene rings is 1. The van der Waals surface area contributed by atoms with Crippen LogP contribution in [0.4, 0.5) is 5.69 Å². The van der Waals surface area contributed by atoms with Crippen molar-refractivity contribution in [1.82, 2.24) is 4.90 Å². The van der Waals surface area contributed by atoms with Crippen molar-refractivity contribution in [3.05, 3.63) is 29.8 Å². The molecule has 0 saturated carbocycles. The van der Waals surface area contributed by atoms with Crippen molar-refractivity contribution in [2.45, 2.75) is 26.2 Å². The van der Waals surface area contributed by atoms with Crippen LogP contribution in [0.5, 0.6) is 0 Å². The van der Waals surface area contributed by atoms with Gasteiger partial charge in [0.05, 0.1) is 11.9 Å². The van der Waals surface area contributed by atoms with Crippen LogP contribution >= 0.6 is 0 Å². The molecule has 1 aromatic carbocycles. The van der Waals surface area contributed by atoms with E-state index in [4.69, 9.17) is 0 Å². The lowest BCUT2D eigenvalue weighted by molar-refractivity contribution is -0.129. The largest absolute Gasteiger partial charge is 0.343 e. The molecule has 7 heteroatoms. The molecule has 0 N–H and O–H groups in total. The van der Waals surface area contributed by atoms with Crippen molar-refractivity contribution in [2.24, 2.45) is 0 Å². The van der Waals surface area contributed by atoms with Gasteiger partial charge in [-0.2, -0.15) is 0 Å². The van der Waals surface area contributed by atoms with E-state index >= 15 is 0 Å². The summed E-state index contributed by atoms with van der Waals surface area (Å²) in [5, 5.41) is 0. The average Bonchev–Trinajstić information content (AvgIpc) is 3.00. The van der Waals surface area contributed by atoms with Crippen LogP contribution in [0, 0.1) is 0 Å². The fourth-order valence-electron chi connectivity index (χ4n) is 2.69. The van der Waals surface area contributed by atoms with Gasteiger partial charge in [0.2, 0.25) is 15.9 Å². The van der Waals surface area contributed by atoms with E-state index in [2.05, 4.69) is 0 Å². The number of sulfonamides is 1. The minimum Gasteiger partial charge on any atom is -0.343 e. The van der Waals surface area contributed by atoms with E-state index in [1.807, 2.05) is 0 Å². The standard InChI is InChI=1S/C16H22N2O4S/c1-13(19)14-6-5-7-15(12-14)18(23(2,21)22)11-8-16(20)17-9-3-4-10-17/h5-7,12H,3-4,8-11H2,1-2H3. The Hall–Kier alpha value is -1.89. The normalized spacial score (nSPS) is 14.8. The predicted octanol–water partition coefficient (Wildman–Crippen LogP) is 1.67. The second-order valence-corrected chi connectivity index (χ2v) is 7.69. The first-order valence-electron chi connectivity index (χ1n) is 7.65. The highest BCUT2D eigenvalue weighted by Crippen LogP contribution is 2.20. The molecule has 1 fully saturated rings. The highest BCUT2D eigenvalue weighted by molar-refractivity contribution is 7.92. The summed E-state index contributed by atoms with van der Waals surface area (Å²) < 4.78 is 25.3. The van der Waals surface area contributed by atoms with Crippen molar-refractivity contribution >= 4 is 27.4 Å². The molecule has 1 heterocycles. The molecule has 0 aliphatic carbocycles. The van der Waals surface area contributed by atoms with Crippen molar-refractivity contribution in [1.29, 1.82) is 0 Å². The van der Waals surface area contributed by atoms with Gasteiger partial charge in [-0.25, -0.2) is 8.42 Å². The summed E-state index contributed by atoms with van der Waals surface area (Å²) in [4.78, 5) is 25.4. The zero-order chi connectivity index (χ0) is 17.0. The molecule has 1 saturated heterocycles. The first kappa shape index (κ1) is 17.5. The minimum absolute atomic E-state index is 0.0288. The zero-order valence-electron chi connectivity index (χ0n) is 13.5. The lowest BCUT2D eigenvalue weighted by Gasteiger charge is -2.24. The number of carbonyl (C=O) groups excluding carboxylic acids is 2. The van der Waals surface area contributed by atoms with E-state index in [-0.39, 0.29) is 24.7 Å². The van der Waals surface area contributed by atoms with Crippen LogP contribution < -0.4 is 4.31 Å². The molecule has 1 aliphatic heterocycles. The molecule has 0 spiro atoms. The van der Waals surface area contributed by atoms with Crippen molar-refractivity contribution in [3.63, 3.8) is 0 Å². The molecule has 0 bridgehead atoms. The van der Waals surface area contributed by atoms with E-state index in [0.717, 1.165) is 32.2 Å². The maximum Gasteiger partial charge on any atom is 0.232 e. The number of amides is 1. The second-order valence-electron chi connectivity index (χ2n) is 5.78. The van der Waals surface area contributed by atoms with Gasteiger partial charge in [-0.1, -0.05) is 12.1 Å². The highest BCUT2D eigenvalue weighted by Gasteiger charge is 2.22. The van der Waals surface area contributed by atoms with E-state index in [0.29, 0.717) is 11.3 Å². The number of nitrogens with zero attached hydrogens (tertiary/aromatic N) is 2. The molecule has 1 amide bonds. The third-order valence-corrected chi connectivity index (χ3v) is 5.12. The molecule has 2 rings (SSSR count). The number of ketones is 1. The van der Waals surface area contributed by atoms with Gasteiger partial charge < -0.3 is 4.90 Å². The molecule has 0 unspecified atom stereocenters. The van der Waals surface area contributed by atoms with Crippen LogP contribution in [-0.2, 0) is 14.8 Å². The van der Waals surface area contributed by atoms with Crippen LogP contribution in [0.1, 0.15) is 36.5 Å². The number of likely N-dealkylation sites (tertiary alicyclic amines) is 1. The quantitative estimate of drug-likeness (QED) is 0.740. The summed E-state index contributed by atoms with van der Waals surface area (Å²) >= 11 is 0. The fourth-order valence-corrected chi connectivity index (χ4v) is 3.61. The first-order valence-corrected chi connectivity index (χ1v) is 9.50. The molecule has 6 nitrogen and oxygen atoms in total. The Morgan fingerprint density at radius 1 is 1.22 bits per heavy atom. The number of Topliss-reactive ketones (excluding diaryl/α,β-unsaturated/α-hetero) is 1. The molecule has 0 radical (unpaired) electrons. The molecule has 0 atom stereocenters. The van der Waals surface area contributed by atoms with Crippen molar-refractivity contribution < 1.29 is 18.0 Å². The number of hydrogen-bond acceptors (Lipinski definition) is 4. The monoisotopic (exact) mass is 338 g/mol. The van der Waals surface area contributed by atoms with Gasteiger partial charge in [0.25, 0.3) is 0 Å². The van der Waals surface area contributed by atoms with E-state index in [9.17, 15) is 18.0 Å². The molecule has 0 aromatic heterocycles. The third kappa shape index (κ3) is 4.54. The summed E-state index contributed by atoms with van der Waals surface area (Å²) in [7, 11) is -3.53. The van der Waals surface area contributed by atoms with Gasteiger partial charge >= 0.3 is 0 Å². The molecule has 1 aromatic rings. The summed E-state index contributed by atoms with van der Waals surface area (Å²) in [6, 6.07) is 6.46. The first-order chi connectivity index (χ1) is 10.8. The second kappa shape index (κ2) is 7.12. The molecule has 1 aliphatic rings. The minimum atomic E-state index is -3.53. The highest BCUT2D eigenvalue weighted by atomic mass is 32.2. The van der Waals surface area contributed by atoms with Gasteiger partial charge in [-0.15, -0.1) is 0 Å². The Labute approximate surface area is 137 Å². The van der Waals surface area contributed by atoms with E-state index in [1.165, 1.54) is 11.2 Å². The molecular formula is C16H22N2O4S. The number of rotatable bonds is 6. The van der Waals surface area contributed by atoms with Gasteiger partial charge in [0, 0.05) is 31.6 Å². The van der Waals surface area contributed by atoms with Crippen LogP contribution in [0.15, 0.2) is 24.3 Å². The Kier molecular flexibility index (Phi) is 5.41. The average molecular weight is 338 g/mol. The lowest BCUT2D eigenvalue weighted by atomic mass is 10.1.